The Bertz CT molecular complexity index is 196. The number of hydrogen-bond acceptors (Lipinski definition) is 0. The molecule has 0 rings (SSSR count). The van der Waals surface area contributed by atoms with Crippen molar-refractivity contribution in [3.05, 3.63) is 0 Å². The zero-order valence-electron chi connectivity index (χ0n) is 7.43. The van der Waals surface area contributed by atoms with Crippen molar-refractivity contribution >= 4 is 0 Å². The summed E-state index contributed by atoms with van der Waals surface area (Å²) in [6.07, 6.45) is -4.82. The fourth-order valence-corrected chi connectivity index (χ4v) is 0.716. The first-order valence-electron chi connectivity index (χ1n) is 3.78. The van der Waals surface area contributed by atoms with E-state index in [0.717, 1.165) is 0 Å². The Morgan fingerprint density at radius 2 is 1.36 bits per heavy atom. The average Bonchev–Trinajstić information content (AvgIpc) is 2.03. The maximum atomic E-state index is 12.5. The topological polar surface area (TPSA) is 0 Å². The normalized spacial score (nSPS) is 16.9. The monoisotopic (exact) mass is 226 g/mol. The summed E-state index contributed by atoms with van der Waals surface area (Å²) >= 11 is 0. The molecule has 0 N–H and O–H groups in total. The predicted octanol–water partition coefficient (Wildman–Crippen LogP) is 3.66. The van der Waals surface area contributed by atoms with Crippen molar-refractivity contribution < 1.29 is 30.7 Å². The quantitative estimate of drug-likeness (QED) is 0.641. The van der Waals surface area contributed by atoms with Gasteiger partial charge < -0.3 is 0 Å². The first kappa shape index (κ1) is 13.5. The molecule has 0 fully saturated rings. The number of halogens is 7. The van der Waals surface area contributed by atoms with E-state index in [2.05, 4.69) is 0 Å². The predicted molar refractivity (Wildman–Crippen MR) is 35.7 cm³/mol. The van der Waals surface area contributed by atoms with Crippen LogP contribution in [0.5, 0.6) is 0 Å². The molecular weight excluding hydrogens is 217 g/mol. The van der Waals surface area contributed by atoms with Crippen LogP contribution in [0.3, 0.4) is 0 Å². The molecule has 0 heterocycles. The molecule has 0 unspecified atom stereocenters. The van der Waals surface area contributed by atoms with Gasteiger partial charge in [0, 0.05) is 6.42 Å². The molecule has 0 aliphatic rings. The lowest BCUT2D eigenvalue weighted by Crippen LogP contribution is -2.57. The molecule has 0 saturated carbocycles. The maximum Gasteiger partial charge on any atom is 0.374 e. The number of alkyl halides is 7. The summed E-state index contributed by atoms with van der Waals surface area (Å²) in [5.74, 6) is -16.0. The van der Waals surface area contributed by atoms with Crippen LogP contribution in [-0.4, -0.2) is 23.9 Å². The van der Waals surface area contributed by atoms with Crippen LogP contribution in [0.15, 0.2) is 0 Å². The van der Waals surface area contributed by atoms with Crippen LogP contribution in [-0.2, 0) is 0 Å². The second kappa shape index (κ2) is 3.58. The van der Waals surface area contributed by atoms with Crippen LogP contribution in [0.25, 0.3) is 0 Å². The van der Waals surface area contributed by atoms with Gasteiger partial charge in [-0.05, 0) is 6.92 Å². The molecule has 0 spiro atoms. The highest BCUT2D eigenvalue weighted by atomic mass is 19.3. The summed E-state index contributed by atoms with van der Waals surface area (Å²) < 4.78 is 86.6. The third kappa shape index (κ3) is 1.81. The highest BCUT2D eigenvalue weighted by Gasteiger charge is 2.72. The van der Waals surface area contributed by atoms with Crippen molar-refractivity contribution in [2.45, 2.75) is 44.2 Å². The van der Waals surface area contributed by atoms with Gasteiger partial charge in [-0.15, -0.1) is 0 Å². The summed E-state index contributed by atoms with van der Waals surface area (Å²) in [4.78, 5) is 0. The molecule has 0 saturated heterocycles. The van der Waals surface area contributed by atoms with Gasteiger partial charge in [0.2, 0.25) is 0 Å². The molecule has 86 valence electrons. The van der Waals surface area contributed by atoms with E-state index in [1.54, 1.807) is 0 Å². The Morgan fingerprint density at radius 3 is 1.57 bits per heavy atom. The molecule has 0 aromatic rings. The molecule has 7 heteroatoms. The zero-order chi connectivity index (χ0) is 11.8. The molecule has 1 atom stereocenters. The van der Waals surface area contributed by atoms with Crippen LogP contribution in [0.4, 0.5) is 30.7 Å². The van der Waals surface area contributed by atoms with Crippen LogP contribution < -0.4 is 0 Å². The fourth-order valence-electron chi connectivity index (χ4n) is 0.716. The van der Waals surface area contributed by atoms with E-state index >= 15 is 0 Å². The highest BCUT2D eigenvalue weighted by molar-refractivity contribution is 4.98. The fraction of sp³-hybridized carbons (Fsp3) is 1.00. The van der Waals surface area contributed by atoms with Crippen LogP contribution >= 0.6 is 0 Å². The summed E-state index contributed by atoms with van der Waals surface area (Å²) in [5.41, 5.74) is 0. The second-order valence-corrected chi connectivity index (χ2v) is 2.87. The lowest BCUT2D eigenvalue weighted by molar-refractivity contribution is -0.323. The van der Waals surface area contributed by atoms with Gasteiger partial charge in [-0.3, -0.25) is 0 Å². The molecule has 0 bridgehead atoms. The third-order valence-electron chi connectivity index (χ3n) is 1.82. The molecule has 0 aliphatic heterocycles. The average molecular weight is 226 g/mol. The number of rotatable bonds is 4. The van der Waals surface area contributed by atoms with Crippen molar-refractivity contribution in [2.75, 3.05) is 0 Å². The first-order valence-corrected chi connectivity index (χ1v) is 3.78. The van der Waals surface area contributed by atoms with Crippen LogP contribution in [0.2, 0.25) is 0 Å². The van der Waals surface area contributed by atoms with E-state index in [0.29, 0.717) is 6.92 Å². The van der Waals surface area contributed by atoms with Crippen molar-refractivity contribution in [3.63, 3.8) is 0 Å². The minimum atomic E-state index is -5.68. The molecule has 0 aliphatic carbocycles. The molecule has 0 amide bonds. The molecular formula is C7H9F7. The van der Waals surface area contributed by atoms with Crippen molar-refractivity contribution in [1.29, 1.82) is 0 Å². The van der Waals surface area contributed by atoms with E-state index in [-0.39, 0.29) is 6.92 Å². The second-order valence-electron chi connectivity index (χ2n) is 2.87. The lowest BCUT2D eigenvalue weighted by Gasteiger charge is -2.32. The Kier molecular flexibility index (Phi) is 3.46. The van der Waals surface area contributed by atoms with E-state index in [4.69, 9.17) is 0 Å². The van der Waals surface area contributed by atoms with Crippen LogP contribution in [0, 0.1) is 0 Å². The van der Waals surface area contributed by atoms with Crippen molar-refractivity contribution in [3.8, 4) is 0 Å². The van der Waals surface area contributed by atoms with E-state index in [9.17, 15) is 30.7 Å². The van der Waals surface area contributed by atoms with Gasteiger partial charge in [0.25, 0.3) is 0 Å². The first-order chi connectivity index (χ1) is 6.00. The van der Waals surface area contributed by atoms with Gasteiger partial charge in [-0.2, -0.15) is 26.3 Å². The zero-order valence-corrected chi connectivity index (χ0v) is 7.43. The van der Waals surface area contributed by atoms with Gasteiger partial charge in [0.1, 0.15) is 0 Å². The molecule has 0 aromatic heterocycles. The largest absolute Gasteiger partial charge is 0.374 e. The van der Waals surface area contributed by atoms with Gasteiger partial charge in [-0.1, -0.05) is 6.92 Å². The molecule has 0 radical (unpaired) electrons. The number of hydrogen-bond donors (Lipinski definition) is 0. The standard InChI is InChI=1S/C7H9F7/c1-3-5(9,10)7(13,14)6(11,12)4(2)8/h4H,3H2,1-2H3/t4-/m0/s1. The van der Waals surface area contributed by atoms with Gasteiger partial charge in [0.05, 0.1) is 0 Å². The van der Waals surface area contributed by atoms with Crippen molar-refractivity contribution in [1.82, 2.24) is 0 Å². The van der Waals surface area contributed by atoms with E-state index in [1.807, 2.05) is 0 Å². The third-order valence-corrected chi connectivity index (χ3v) is 1.82. The Labute approximate surface area is 76.1 Å². The molecule has 0 nitrogen and oxygen atoms in total. The van der Waals surface area contributed by atoms with Gasteiger partial charge >= 0.3 is 17.8 Å². The Morgan fingerprint density at radius 1 is 1.00 bits per heavy atom. The summed E-state index contributed by atoms with van der Waals surface area (Å²) in [7, 11) is 0. The van der Waals surface area contributed by atoms with Gasteiger partial charge in [0.15, 0.2) is 6.17 Å². The lowest BCUT2D eigenvalue weighted by atomic mass is 9.99. The van der Waals surface area contributed by atoms with E-state index in [1.165, 1.54) is 0 Å². The maximum absolute atomic E-state index is 12.5. The SMILES string of the molecule is CCC(F)(F)C(F)(F)C(F)(F)[C@H](C)F. The summed E-state index contributed by atoms with van der Waals surface area (Å²) in [5, 5.41) is 0. The summed E-state index contributed by atoms with van der Waals surface area (Å²) in [6.45, 7) is 0.729. The van der Waals surface area contributed by atoms with Gasteiger partial charge in [-0.25, -0.2) is 4.39 Å². The molecule has 14 heavy (non-hydrogen) atoms. The summed E-state index contributed by atoms with van der Waals surface area (Å²) in [6, 6.07) is 0. The van der Waals surface area contributed by atoms with Crippen molar-refractivity contribution in [2.24, 2.45) is 0 Å². The Hall–Kier alpha value is -0.490. The minimum absolute atomic E-state index is 0.111. The van der Waals surface area contributed by atoms with E-state index < -0.39 is 30.4 Å². The highest BCUT2D eigenvalue weighted by Crippen LogP contribution is 2.49. The smallest absolute Gasteiger partial charge is 0.241 e. The molecule has 0 aromatic carbocycles. The minimum Gasteiger partial charge on any atom is -0.241 e. The van der Waals surface area contributed by atoms with Crippen LogP contribution in [0.1, 0.15) is 20.3 Å². The Balaban J connectivity index is 5.14.